The minimum atomic E-state index is 0.587. The number of nitrogens with zero attached hydrogens (tertiary/aromatic N) is 1. The number of benzene rings is 1. The van der Waals surface area contributed by atoms with Gasteiger partial charge in [-0.25, -0.2) is 4.98 Å². The maximum atomic E-state index is 4.38. The lowest BCUT2D eigenvalue weighted by Gasteiger charge is -2.06. The molecule has 1 nitrogen and oxygen atoms in total. The first-order valence-electron chi connectivity index (χ1n) is 4.53. The van der Waals surface area contributed by atoms with Gasteiger partial charge in [0.1, 0.15) is 0 Å². The highest BCUT2D eigenvalue weighted by atomic mass is 32.1. The molecule has 0 radical (unpaired) electrons. The van der Waals surface area contributed by atoms with Gasteiger partial charge in [-0.3, -0.25) is 0 Å². The third kappa shape index (κ3) is 1.35. The van der Waals surface area contributed by atoms with Crippen LogP contribution in [0.4, 0.5) is 0 Å². The number of hydrogen-bond donors (Lipinski definition) is 0. The lowest BCUT2D eigenvalue weighted by atomic mass is 10.0. The summed E-state index contributed by atoms with van der Waals surface area (Å²) in [6.07, 6.45) is 0. The van der Waals surface area contributed by atoms with E-state index >= 15 is 0 Å². The zero-order chi connectivity index (χ0) is 9.42. The fourth-order valence-corrected chi connectivity index (χ4v) is 2.58. The Kier molecular flexibility index (Phi) is 2.08. The second kappa shape index (κ2) is 3.11. The number of thiazole rings is 1. The number of fused-ring (bicyclic) bond motifs is 1. The summed E-state index contributed by atoms with van der Waals surface area (Å²) in [5, 5.41) is 0. The first kappa shape index (κ1) is 8.70. The highest BCUT2D eigenvalue weighted by Crippen LogP contribution is 2.29. The van der Waals surface area contributed by atoms with Crippen LogP contribution >= 0.6 is 11.3 Å². The summed E-state index contributed by atoms with van der Waals surface area (Å²) in [7, 11) is 0. The van der Waals surface area contributed by atoms with Crippen molar-refractivity contribution in [2.24, 2.45) is 0 Å². The lowest BCUT2D eigenvalue weighted by Crippen LogP contribution is -1.88. The molecule has 0 atom stereocenters. The molecule has 1 heterocycles. The molecule has 0 saturated heterocycles. The van der Waals surface area contributed by atoms with E-state index in [1.54, 1.807) is 11.3 Å². The molecule has 0 aliphatic rings. The molecule has 1 aromatic heterocycles. The minimum absolute atomic E-state index is 0.587. The number of aromatic nitrogens is 1. The summed E-state index contributed by atoms with van der Waals surface area (Å²) in [6, 6.07) is 4.39. The van der Waals surface area contributed by atoms with Crippen LogP contribution < -0.4 is 0 Å². The molecule has 0 N–H and O–H groups in total. The maximum absolute atomic E-state index is 4.38. The first-order valence-corrected chi connectivity index (χ1v) is 5.41. The third-order valence-electron chi connectivity index (χ3n) is 2.34. The van der Waals surface area contributed by atoms with Gasteiger partial charge in [0.2, 0.25) is 0 Å². The molecule has 13 heavy (non-hydrogen) atoms. The molecule has 0 aliphatic carbocycles. The van der Waals surface area contributed by atoms with Gasteiger partial charge >= 0.3 is 0 Å². The van der Waals surface area contributed by atoms with Crippen molar-refractivity contribution in [3.05, 3.63) is 28.8 Å². The van der Waals surface area contributed by atoms with Gasteiger partial charge in [0.25, 0.3) is 0 Å². The summed E-state index contributed by atoms with van der Waals surface area (Å²) in [5.41, 5.74) is 5.81. The zero-order valence-corrected chi connectivity index (χ0v) is 8.98. The average Bonchev–Trinajstić information content (AvgIpc) is 2.53. The normalized spacial score (nSPS) is 11.4. The Morgan fingerprint density at radius 2 is 2.08 bits per heavy atom. The first-order chi connectivity index (χ1) is 6.20. The van der Waals surface area contributed by atoms with Crippen molar-refractivity contribution in [1.29, 1.82) is 0 Å². The van der Waals surface area contributed by atoms with Crippen molar-refractivity contribution in [2.45, 2.75) is 26.7 Å². The van der Waals surface area contributed by atoms with Crippen molar-refractivity contribution in [3.63, 3.8) is 0 Å². The molecule has 68 valence electrons. The molecule has 0 fully saturated rings. The Balaban J connectivity index is 2.78. The number of rotatable bonds is 1. The molecule has 0 bridgehead atoms. The van der Waals surface area contributed by atoms with Gasteiger partial charge in [-0.15, -0.1) is 11.3 Å². The van der Waals surface area contributed by atoms with Crippen LogP contribution in [0.25, 0.3) is 10.2 Å². The van der Waals surface area contributed by atoms with E-state index in [9.17, 15) is 0 Å². The quantitative estimate of drug-likeness (QED) is 0.669. The van der Waals surface area contributed by atoms with E-state index in [0.29, 0.717) is 5.92 Å². The third-order valence-corrected chi connectivity index (χ3v) is 3.21. The molecular weight excluding hydrogens is 178 g/mol. The van der Waals surface area contributed by atoms with Gasteiger partial charge in [0, 0.05) is 0 Å². The van der Waals surface area contributed by atoms with Crippen LogP contribution in [0.5, 0.6) is 0 Å². The van der Waals surface area contributed by atoms with E-state index in [0.717, 1.165) is 0 Å². The minimum Gasteiger partial charge on any atom is -0.244 e. The SMILES string of the molecule is Cc1ccc(C(C)C)c2scnc12. The van der Waals surface area contributed by atoms with E-state index in [1.807, 2.05) is 5.51 Å². The van der Waals surface area contributed by atoms with Crippen LogP contribution in [0, 0.1) is 6.92 Å². The number of aryl methyl sites for hydroxylation is 1. The molecule has 0 unspecified atom stereocenters. The van der Waals surface area contributed by atoms with E-state index in [4.69, 9.17) is 0 Å². The largest absolute Gasteiger partial charge is 0.244 e. The van der Waals surface area contributed by atoms with Crippen molar-refractivity contribution in [1.82, 2.24) is 4.98 Å². The Bertz CT molecular complexity index is 429. The predicted octanol–water partition coefficient (Wildman–Crippen LogP) is 3.73. The van der Waals surface area contributed by atoms with Crippen LogP contribution in [0.1, 0.15) is 30.9 Å². The van der Waals surface area contributed by atoms with E-state index in [1.165, 1.54) is 21.3 Å². The fraction of sp³-hybridized carbons (Fsp3) is 0.364. The molecule has 1 aromatic carbocycles. The van der Waals surface area contributed by atoms with Gasteiger partial charge in [-0.1, -0.05) is 26.0 Å². The molecule has 0 spiro atoms. The van der Waals surface area contributed by atoms with Crippen molar-refractivity contribution < 1.29 is 0 Å². The molecular formula is C11H13NS. The van der Waals surface area contributed by atoms with Crippen LogP contribution in [-0.4, -0.2) is 4.98 Å². The van der Waals surface area contributed by atoms with Crippen LogP contribution in [0.3, 0.4) is 0 Å². The van der Waals surface area contributed by atoms with E-state index in [2.05, 4.69) is 37.9 Å². The topological polar surface area (TPSA) is 12.9 Å². The van der Waals surface area contributed by atoms with E-state index in [-0.39, 0.29) is 0 Å². The molecule has 2 heteroatoms. The predicted molar refractivity (Wildman–Crippen MR) is 58.4 cm³/mol. The smallest absolute Gasteiger partial charge is 0.0844 e. The van der Waals surface area contributed by atoms with Crippen LogP contribution in [0.2, 0.25) is 0 Å². The molecule has 0 saturated carbocycles. The van der Waals surface area contributed by atoms with Crippen molar-refractivity contribution in [3.8, 4) is 0 Å². The fourth-order valence-electron chi connectivity index (χ4n) is 1.56. The standard InChI is InChI=1S/C11H13NS/c1-7(2)9-5-4-8(3)10-11(9)13-6-12-10/h4-7H,1-3H3. The Morgan fingerprint density at radius 1 is 1.31 bits per heavy atom. The Morgan fingerprint density at radius 3 is 2.77 bits per heavy atom. The highest BCUT2D eigenvalue weighted by molar-refractivity contribution is 7.17. The van der Waals surface area contributed by atoms with E-state index < -0.39 is 0 Å². The van der Waals surface area contributed by atoms with Crippen molar-refractivity contribution >= 4 is 21.6 Å². The Labute approximate surface area is 82.4 Å². The van der Waals surface area contributed by atoms with Crippen molar-refractivity contribution in [2.75, 3.05) is 0 Å². The second-order valence-electron chi connectivity index (χ2n) is 3.66. The molecule has 0 aliphatic heterocycles. The zero-order valence-electron chi connectivity index (χ0n) is 8.16. The lowest BCUT2D eigenvalue weighted by molar-refractivity contribution is 0.877. The monoisotopic (exact) mass is 191 g/mol. The summed E-state index contributed by atoms with van der Waals surface area (Å²) in [4.78, 5) is 4.38. The van der Waals surface area contributed by atoms with Crippen LogP contribution in [0.15, 0.2) is 17.6 Å². The van der Waals surface area contributed by atoms with Gasteiger partial charge in [0.15, 0.2) is 0 Å². The summed E-state index contributed by atoms with van der Waals surface area (Å²) in [6.45, 7) is 6.57. The summed E-state index contributed by atoms with van der Waals surface area (Å²) < 4.78 is 1.36. The number of hydrogen-bond acceptors (Lipinski definition) is 2. The van der Waals surface area contributed by atoms with Gasteiger partial charge < -0.3 is 0 Å². The maximum Gasteiger partial charge on any atom is 0.0844 e. The van der Waals surface area contributed by atoms with Gasteiger partial charge in [-0.2, -0.15) is 0 Å². The second-order valence-corrected chi connectivity index (χ2v) is 4.51. The average molecular weight is 191 g/mol. The highest BCUT2D eigenvalue weighted by Gasteiger charge is 2.08. The van der Waals surface area contributed by atoms with Gasteiger partial charge in [0.05, 0.1) is 15.7 Å². The molecule has 2 rings (SSSR count). The molecule has 0 amide bonds. The summed E-state index contributed by atoms with van der Waals surface area (Å²) in [5.74, 6) is 0.587. The van der Waals surface area contributed by atoms with Gasteiger partial charge in [-0.05, 0) is 24.0 Å². The molecule has 2 aromatic rings. The Hall–Kier alpha value is -0.890. The van der Waals surface area contributed by atoms with Crippen LogP contribution in [-0.2, 0) is 0 Å². The summed E-state index contributed by atoms with van der Waals surface area (Å²) >= 11 is 1.75.